The SMILES string of the molecule is COc1cc(F)c(-c2c(Cl)nc(C)n2-c2ccc(C)cc2)c(F)c1. The minimum atomic E-state index is -0.762. The normalized spacial score (nSPS) is 10.9. The Kier molecular flexibility index (Phi) is 4.28. The number of methoxy groups -OCH3 is 1. The van der Waals surface area contributed by atoms with Crippen molar-refractivity contribution in [2.45, 2.75) is 13.8 Å². The molecule has 0 unspecified atom stereocenters. The Morgan fingerprint density at radius 3 is 2.17 bits per heavy atom. The second-order valence-electron chi connectivity index (χ2n) is 5.44. The maximum atomic E-state index is 14.5. The Morgan fingerprint density at radius 1 is 1.04 bits per heavy atom. The number of hydrogen-bond donors (Lipinski definition) is 0. The standard InChI is InChI=1S/C18H15ClF2N2O/c1-10-4-6-12(7-5-10)23-11(2)22-18(19)17(23)16-14(20)8-13(24-3)9-15(16)21/h4-9H,1-3H3. The van der Waals surface area contributed by atoms with E-state index in [0.29, 0.717) is 5.82 Å². The maximum absolute atomic E-state index is 14.5. The fourth-order valence-electron chi connectivity index (χ4n) is 2.62. The Bertz CT molecular complexity index is 881. The highest BCUT2D eigenvalue weighted by Crippen LogP contribution is 2.36. The quantitative estimate of drug-likeness (QED) is 0.658. The summed E-state index contributed by atoms with van der Waals surface area (Å²) in [4.78, 5) is 4.17. The van der Waals surface area contributed by atoms with Crippen LogP contribution in [0.25, 0.3) is 16.9 Å². The first kappa shape index (κ1) is 16.5. The van der Waals surface area contributed by atoms with Gasteiger partial charge in [0.05, 0.1) is 18.4 Å². The molecule has 0 saturated heterocycles. The van der Waals surface area contributed by atoms with E-state index in [-0.39, 0.29) is 22.2 Å². The number of aromatic nitrogens is 2. The lowest BCUT2D eigenvalue weighted by molar-refractivity contribution is 0.407. The first-order chi connectivity index (χ1) is 11.4. The zero-order chi connectivity index (χ0) is 17.4. The summed E-state index contributed by atoms with van der Waals surface area (Å²) in [6.07, 6.45) is 0. The van der Waals surface area contributed by atoms with E-state index >= 15 is 0 Å². The van der Waals surface area contributed by atoms with Gasteiger partial charge in [0.25, 0.3) is 0 Å². The molecule has 3 nitrogen and oxygen atoms in total. The summed E-state index contributed by atoms with van der Waals surface area (Å²) >= 11 is 6.19. The molecule has 0 N–H and O–H groups in total. The highest BCUT2D eigenvalue weighted by molar-refractivity contribution is 6.32. The van der Waals surface area contributed by atoms with Crippen LogP contribution in [0.5, 0.6) is 5.75 Å². The molecule has 0 aliphatic heterocycles. The Labute approximate surface area is 143 Å². The van der Waals surface area contributed by atoms with Crippen molar-refractivity contribution in [3.63, 3.8) is 0 Å². The number of hydrogen-bond acceptors (Lipinski definition) is 2. The number of nitrogens with zero attached hydrogens (tertiary/aromatic N) is 2. The lowest BCUT2D eigenvalue weighted by atomic mass is 10.1. The summed E-state index contributed by atoms with van der Waals surface area (Å²) in [5.41, 5.74) is 1.74. The van der Waals surface area contributed by atoms with E-state index in [9.17, 15) is 8.78 Å². The highest BCUT2D eigenvalue weighted by atomic mass is 35.5. The van der Waals surface area contributed by atoms with E-state index in [1.54, 1.807) is 11.5 Å². The molecule has 0 amide bonds. The third-order valence-corrected chi connectivity index (χ3v) is 4.05. The van der Waals surface area contributed by atoms with Crippen molar-refractivity contribution in [1.82, 2.24) is 9.55 Å². The summed E-state index contributed by atoms with van der Waals surface area (Å²) in [5, 5.41) is 0.0380. The van der Waals surface area contributed by atoms with Gasteiger partial charge in [-0.3, -0.25) is 4.57 Å². The molecular weight excluding hydrogens is 334 g/mol. The molecule has 6 heteroatoms. The number of rotatable bonds is 3. The van der Waals surface area contributed by atoms with Crippen molar-refractivity contribution >= 4 is 11.6 Å². The van der Waals surface area contributed by atoms with E-state index in [0.717, 1.165) is 23.4 Å². The fraction of sp³-hybridized carbons (Fsp3) is 0.167. The highest BCUT2D eigenvalue weighted by Gasteiger charge is 2.23. The zero-order valence-corrected chi connectivity index (χ0v) is 14.2. The molecule has 3 rings (SSSR count). The minimum Gasteiger partial charge on any atom is -0.497 e. The van der Waals surface area contributed by atoms with E-state index in [1.807, 2.05) is 31.2 Å². The van der Waals surface area contributed by atoms with Gasteiger partial charge in [0.2, 0.25) is 0 Å². The van der Waals surface area contributed by atoms with Crippen molar-refractivity contribution in [2.24, 2.45) is 0 Å². The van der Waals surface area contributed by atoms with Gasteiger partial charge in [0.15, 0.2) is 5.15 Å². The predicted octanol–water partition coefficient (Wildman–Crippen LogP) is 5.10. The molecule has 0 atom stereocenters. The summed E-state index contributed by atoms with van der Waals surface area (Å²) in [7, 11) is 1.35. The van der Waals surface area contributed by atoms with Gasteiger partial charge in [-0.25, -0.2) is 13.8 Å². The van der Waals surface area contributed by atoms with Crippen molar-refractivity contribution < 1.29 is 13.5 Å². The van der Waals surface area contributed by atoms with E-state index in [2.05, 4.69) is 4.98 Å². The maximum Gasteiger partial charge on any atom is 0.155 e. The van der Waals surface area contributed by atoms with Gasteiger partial charge < -0.3 is 4.74 Å². The number of aryl methyl sites for hydroxylation is 2. The number of imidazole rings is 1. The van der Waals surface area contributed by atoms with Gasteiger partial charge in [-0.1, -0.05) is 29.3 Å². The molecule has 0 radical (unpaired) electrons. The van der Waals surface area contributed by atoms with Gasteiger partial charge in [-0.15, -0.1) is 0 Å². The van der Waals surface area contributed by atoms with Crippen LogP contribution >= 0.6 is 11.6 Å². The molecule has 1 aromatic heterocycles. The zero-order valence-electron chi connectivity index (χ0n) is 13.4. The molecule has 2 aromatic carbocycles. The van der Waals surface area contributed by atoms with E-state index in [1.165, 1.54) is 7.11 Å². The molecule has 0 saturated carbocycles. The lowest BCUT2D eigenvalue weighted by Crippen LogP contribution is -2.03. The van der Waals surface area contributed by atoms with Crippen molar-refractivity contribution in [3.8, 4) is 22.7 Å². The van der Waals surface area contributed by atoms with Crippen LogP contribution in [0.1, 0.15) is 11.4 Å². The van der Waals surface area contributed by atoms with Crippen molar-refractivity contribution in [2.75, 3.05) is 7.11 Å². The van der Waals surface area contributed by atoms with Crippen LogP contribution in [-0.4, -0.2) is 16.7 Å². The van der Waals surface area contributed by atoms with Crippen LogP contribution in [0.4, 0.5) is 8.78 Å². The Hall–Kier alpha value is -2.40. The molecule has 0 spiro atoms. The number of benzene rings is 2. The van der Waals surface area contributed by atoms with Gasteiger partial charge in [0.1, 0.15) is 23.2 Å². The topological polar surface area (TPSA) is 27.1 Å². The fourth-order valence-corrected chi connectivity index (χ4v) is 2.92. The Morgan fingerprint density at radius 2 is 1.62 bits per heavy atom. The smallest absolute Gasteiger partial charge is 0.155 e. The number of halogens is 3. The van der Waals surface area contributed by atoms with Crippen LogP contribution in [0.3, 0.4) is 0 Å². The molecule has 3 aromatic rings. The van der Waals surface area contributed by atoms with Crippen LogP contribution in [0, 0.1) is 25.5 Å². The third kappa shape index (κ3) is 2.76. The van der Waals surface area contributed by atoms with Gasteiger partial charge in [-0.2, -0.15) is 0 Å². The average molecular weight is 349 g/mol. The largest absolute Gasteiger partial charge is 0.497 e. The van der Waals surface area contributed by atoms with Gasteiger partial charge in [0, 0.05) is 17.8 Å². The summed E-state index contributed by atoms with van der Waals surface area (Å²) < 4.78 is 35.6. The van der Waals surface area contributed by atoms with E-state index in [4.69, 9.17) is 16.3 Å². The van der Waals surface area contributed by atoms with Crippen LogP contribution in [0.15, 0.2) is 36.4 Å². The Balaban J connectivity index is 2.28. The molecule has 24 heavy (non-hydrogen) atoms. The average Bonchev–Trinajstić information content (AvgIpc) is 2.82. The third-order valence-electron chi connectivity index (χ3n) is 3.78. The van der Waals surface area contributed by atoms with Gasteiger partial charge >= 0.3 is 0 Å². The number of ether oxygens (including phenoxy) is 1. The van der Waals surface area contributed by atoms with Gasteiger partial charge in [-0.05, 0) is 26.0 Å². The van der Waals surface area contributed by atoms with E-state index < -0.39 is 11.6 Å². The van der Waals surface area contributed by atoms with Crippen LogP contribution in [-0.2, 0) is 0 Å². The minimum absolute atomic E-state index is 0.0380. The molecular formula is C18H15ClF2N2O. The van der Waals surface area contributed by atoms with Crippen LogP contribution in [0.2, 0.25) is 5.15 Å². The molecule has 0 aliphatic carbocycles. The predicted molar refractivity (Wildman–Crippen MR) is 90.0 cm³/mol. The first-order valence-electron chi connectivity index (χ1n) is 7.27. The second-order valence-corrected chi connectivity index (χ2v) is 5.79. The summed E-state index contributed by atoms with van der Waals surface area (Å²) in [5.74, 6) is -0.888. The summed E-state index contributed by atoms with van der Waals surface area (Å²) in [6, 6.07) is 9.76. The molecule has 0 bridgehead atoms. The second kappa shape index (κ2) is 6.24. The lowest BCUT2D eigenvalue weighted by Gasteiger charge is -2.13. The molecule has 124 valence electrons. The van der Waals surface area contributed by atoms with Crippen molar-refractivity contribution in [1.29, 1.82) is 0 Å². The molecule has 0 fully saturated rings. The van der Waals surface area contributed by atoms with Crippen LogP contribution < -0.4 is 4.74 Å². The molecule has 0 aliphatic rings. The molecule has 1 heterocycles. The summed E-state index contributed by atoms with van der Waals surface area (Å²) in [6.45, 7) is 3.69. The van der Waals surface area contributed by atoms with Crippen molar-refractivity contribution in [3.05, 3.63) is 64.6 Å². The first-order valence-corrected chi connectivity index (χ1v) is 7.65. The monoisotopic (exact) mass is 348 g/mol.